The fourth-order valence-corrected chi connectivity index (χ4v) is 3.79. The number of pyridine rings is 1. The highest BCUT2D eigenvalue weighted by Crippen LogP contribution is 2.27. The van der Waals surface area contributed by atoms with Gasteiger partial charge in [-0.1, -0.05) is 42.5 Å². The van der Waals surface area contributed by atoms with Gasteiger partial charge in [0.05, 0.1) is 0 Å². The summed E-state index contributed by atoms with van der Waals surface area (Å²) >= 11 is 0. The van der Waals surface area contributed by atoms with E-state index in [1.807, 2.05) is 12.1 Å². The third-order valence-electron chi connectivity index (χ3n) is 5.31. The standard InChI is InChI=1S/C23H26N4O/c28-23(21-10-3-4-12-24-21)25-13-6-14-26-15-17-27(18-16-26)22-11-5-8-19-7-1-2-9-20(19)22/h1-5,7-12H,6,13-18H2,(H,25,28). The average molecular weight is 374 g/mol. The van der Waals surface area contributed by atoms with Crippen LogP contribution in [0, 0.1) is 0 Å². The predicted octanol–water partition coefficient (Wildman–Crippen LogP) is 3.18. The van der Waals surface area contributed by atoms with Crippen molar-refractivity contribution in [3.8, 4) is 0 Å². The van der Waals surface area contributed by atoms with E-state index in [-0.39, 0.29) is 5.91 Å². The predicted molar refractivity (Wildman–Crippen MR) is 114 cm³/mol. The molecule has 0 aliphatic carbocycles. The first-order valence-corrected chi connectivity index (χ1v) is 9.95. The van der Waals surface area contributed by atoms with Crippen molar-refractivity contribution < 1.29 is 4.79 Å². The summed E-state index contributed by atoms with van der Waals surface area (Å²) in [5.74, 6) is -0.0959. The Morgan fingerprint density at radius 1 is 0.929 bits per heavy atom. The minimum Gasteiger partial charge on any atom is -0.368 e. The van der Waals surface area contributed by atoms with Crippen LogP contribution in [0.25, 0.3) is 10.8 Å². The largest absolute Gasteiger partial charge is 0.368 e. The van der Waals surface area contributed by atoms with E-state index < -0.39 is 0 Å². The molecular formula is C23H26N4O. The van der Waals surface area contributed by atoms with Crippen molar-refractivity contribution >= 4 is 22.4 Å². The lowest BCUT2D eigenvalue weighted by Crippen LogP contribution is -2.47. The van der Waals surface area contributed by atoms with Crippen LogP contribution < -0.4 is 10.2 Å². The number of anilines is 1. The van der Waals surface area contributed by atoms with E-state index in [0.29, 0.717) is 12.2 Å². The van der Waals surface area contributed by atoms with Crippen LogP contribution in [-0.4, -0.2) is 55.1 Å². The van der Waals surface area contributed by atoms with Crippen LogP contribution in [0.3, 0.4) is 0 Å². The molecule has 1 aliphatic rings. The molecule has 1 amide bonds. The van der Waals surface area contributed by atoms with Gasteiger partial charge < -0.3 is 10.2 Å². The van der Waals surface area contributed by atoms with Crippen molar-refractivity contribution in [1.82, 2.24) is 15.2 Å². The van der Waals surface area contributed by atoms with Crippen LogP contribution in [-0.2, 0) is 0 Å². The average Bonchev–Trinajstić information content (AvgIpc) is 2.77. The molecule has 1 fully saturated rings. The Hall–Kier alpha value is -2.92. The summed E-state index contributed by atoms with van der Waals surface area (Å²) in [4.78, 5) is 21.1. The Morgan fingerprint density at radius 2 is 1.71 bits per heavy atom. The normalized spacial score (nSPS) is 14.9. The number of carbonyl (C=O) groups is 1. The number of rotatable bonds is 6. The lowest BCUT2D eigenvalue weighted by molar-refractivity contribution is 0.0946. The van der Waals surface area contributed by atoms with Crippen molar-refractivity contribution in [3.63, 3.8) is 0 Å². The third kappa shape index (κ3) is 4.31. The summed E-state index contributed by atoms with van der Waals surface area (Å²) in [6.45, 7) is 5.86. The number of hydrogen-bond donors (Lipinski definition) is 1. The summed E-state index contributed by atoms with van der Waals surface area (Å²) in [7, 11) is 0. The molecule has 28 heavy (non-hydrogen) atoms. The molecule has 1 aromatic heterocycles. The van der Waals surface area contributed by atoms with Crippen LogP contribution in [0.1, 0.15) is 16.9 Å². The molecule has 2 aromatic carbocycles. The first-order valence-electron chi connectivity index (χ1n) is 9.95. The van der Waals surface area contributed by atoms with E-state index in [9.17, 15) is 4.79 Å². The second-order valence-corrected chi connectivity index (χ2v) is 7.15. The van der Waals surface area contributed by atoms with Gasteiger partial charge in [0.25, 0.3) is 5.91 Å². The van der Waals surface area contributed by atoms with E-state index in [1.54, 1.807) is 12.3 Å². The van der Waals surface area contributed by atoms with Gasteiger partial charge in [0.2, 0.25) is 0 Å². The van der Waals surface area contributed by atoms with E-state index >= 15 is 0 Å². The van der Waals surface area contributed by atoms with Gasteiger partial charge in [0.15, 0.2) is 0 Å². The Balaban J connectivity index is 1.23. The smallest absolute Gasteiger partial charge is 0.269 e. The molecule has 3 aromatic rings. The molecule has 1 aliphatic heterocycles. The van der Waals surface area contributed by atoms with Gasteiger partial charge in [-0.15, -0.1) is 0 Å². The Morgan fingerprint density at radius 3 is 2.54 bits per heavy atom. The first-order chi connectivity index (χ1) is 13.8. The Bertz CT molecular complexity index is 915. The van der Waals surface area contributed by atoms with Crippen molar-refractivity contribution in [2.75, 3.05) is 44.2 Å². The number of fused-ring (bicyclic) bond motifs is 1. The second kappa shape index (κ2) is 8.85. The molecule has 0 spiro atoms. The highest BCUT2D eigenvalue weighted by atomic mass is 16.1. The molecule has 0 radical (unpaired) electrons. The maximum absolute atomic E-state index is 12.0. The maximum Gasteiger partial charge on any atom is 0.269 e. The van der Waals surface area contributed by atoms with E-state index in [2.05, 4.69) is 62.6 Å². The molecule has 5 heteroatoms. The summed E-state index contributed by atoms with van der Waals surface area (Å²) in [5.41, 5.74) is 1.81. The number of amides is 1. The number of benzene rings is 2. The topological polar surface area (TPSA) is 48.5 Å². The van der Waals surface area contributed by atoms with Crippen LogP contribution in [0.2, 0.25) is 0 Å². The molecule has 144 valence electrons. The Kier molecular flexibility index (Phi) is 5.83. The zero-order valence-electron chi connectivity index (χ0n) is 16.1. The van der Waals surface area contributed by atoms with Gasteiger partial charge >= 0.3 is 0 Å². The quantitative estimate of drug-likeness (QED) is 0.674. The minimum absolute atomic E-state index is 0.0959. The van der Waals surface area contributed by atoms with Gasteiger partial charge in [0.1, 0.15) is 5.69 Å². The van der Waals surface area contributed by atoms with Crippen LogP contribution in [0.5, 0.6) is 0 Å². The summed E-state index contributed by atoms with van der Waals surface area (Å²) < 4.78 is 0. The van der Waals surface area contributed by atoms with E-state index in [1.165, 1.54) is 16.5 Å². The number of carbonyl (C=O) groups excluding carboxylic acids is 1. The molecule has 4 rings (SSSR count). The van der Waals surface area contributed by atoms with Gasteiger partial charge in [-0.3, -0.25) is 14.7 Å². The number of piperazine rings is 1. The zero-order chi connectivity index (χ0) is 19.2. The SMILES string of the molecule is O=C(NCCCN1CCN(c2cccc3ccccc23)CC1)c1ccccn1. The van der Waals surface area contributed by atoms with E-state index in [0.717, 1.165) is 39.1 Å². The number of nitrogens with one attached hydrogen (secondary N) is 1. The molecule has 0 saturated carbocycles. The number of hydrogen-bond acceptors (Lipinski definition) is 4. The number of aromatic nitrogens is 1. The van der Waals surface area contributed by atoms with Gasteiger partial charge in [-0.25, -0.2) is 0 Å². The lowest BCUT2D eigenvalue weighted by Gasteiger charge is -2.36. The highest BCUT2D eigenvalue weighted by Gasteiger charge is 2.18. The summed E-state index contributed by atoms with van der Waals surface area (Å²) in [5, 5.41) is 5.58. The molecular weight excluding hydrogens is 348 g/mol. The molecule has 1 N–H and O–H groups in total. The highest BCUT2D eigenvalue weighted by molar-refractivity contribution is 5.94. The molecule has 5 nitrogen and oxygen atoms in total. The molecule has 1 saturated heterocycles. The van der Waals surface area contributed by atoms with Gasteiger partial charge in [-0.2, -0.15) is 0 Å². The summed E-state index contributed by atoms with van der Waals surface area (Å²) in [6.07, 6.45) is 2.59. The zero-order valence-corrected chi connectivity index (χ0v) is 16.1. The molecule has 0 atom stereocenters. The molecule has 0 unspecified atom stereocenters. The van der Waals surface area contributed by atoms with Crippen LogP contribution in [0.15, 0.2) is 66.9 Å². The van der Waals surface area contributed by atoms with E-state index in [4.69, 9.17) is 0 Å². The van der Waals surface area contributed by atoms with Crippen molar-refractivity contribution in [2.45, 2.75) is 6.42 Å². The maximum atomic E-state index is 12.0. The minimum atomic E-state index is -0.0959. The fourth-order valence-electron chi connectivity index (χ4n) is 3.79. The van der Waals surface area contributed by atoms with Crippen molar-refractivity contribution in [1.29, 1.82) is 0 Å². The molecule has 2 heterocycles. The fraction of sp³-hybridized carbons (Fsp3) is 0.304. The molecule has 0 bridgehead atoms. The lowest BCUT2D eigenvalue weighted by atomic mass is 10.1. The van der Waals surface area contributed by atoms with Gasteiger partial charge in [-0.05, 0) is 36.6 Å². The monoisotopic (exact) mass is 374 g/mol. The first kappa shape index (κ1) is 18.4. The van der Waals surface area contributed by atoms with Crippen LogP contribution in [0.4, 0.5) is 5.69 Å². The summed E-state index contributed by atoms with van der Waals surface area (Å²) in [6, 6.07) is 20.5. The van der Waals surface area contributed by atoms with Crippen molar-refractivity contribution in [3.05, 3.63) is 72.6 Å². The van der Waals surface area contributed by atoms with Crippen LogP contribution >= 0.6 is 0 Å². The van der Waals surface area contributed by atoms with Gasteiger partial charge in [0, 0.05) is 50.0 Å². The number of nitrogens with zero attached hydrogens (tertiary/aromatic N) is 3. The Labute approximate surface area is 166 Å². The van der Waals surface area contributed by atoms with Crippen molar-refractivity contribution in [2.24, 2.45) is 0 Å². The second-order valence-electron chi connectivity index (χ2n) is 7.15. The third-order valence-corrected chi connectivity index (χ3v) is 5.31.